The van der Waals surface area contributed by atoms with Crippen molar-refractivity contribution < 1.29 is 9.53 Å². The number of nitrogens with one attached hydrogen (secondary N) is 1. The van der Waals surface area contributed by atoms with Crippen LogP contribution in [-0.4, -0.2) is 27.7 Å². The number of ether oxygens (including phenoxy) is 1. The first-order valence-corrected chi connectivity index (χ1v) is 7.34. The summed E-state index contributed by atoms with van der Waals surface area (Å²) in [6.07, 6.45) is 1.72. The van der Waals surface area contributed by atoms with Crippen molar-refractivity contribution in [3.63, 3.8) is 0 Å². The summed E-state index contributed by atoms with van der Waals surface area (Å²) in [6, 6.07) is 11.2. The fourth-order valence-corrected chi connectivity index (χ4v) is 2.47. The Kier molecular flexibility index (Phi) is 3.97. The summed E-state index contributed by atoms with van der Waals surface area (Å²) in [5.74, 6) is 0.544. The van der Waals surface area contributed by atoms with Gasteiger partial charge in [-0.2, -0.15) is 9.61 Å². The van der Waals surface area contributed by atoms with Gasteiger partial charge in [-0.25, -0.2) is 9.78 Å². The molecule has 2 aromatic heterocycles. The zero-order valence-corrected chi connectivity index (χ0v) is 13.3. The summed E-state index contributed by atoms with van der Waals surface area (Å²) >= 11 is 0. The van der Waals surface area contributed by atoms with Crippen LogP contribution >= 0.6 is 0 Å². The lowest BCUT2D eigenvalue weighted by atomic mass is 10.1. The van der Waals surface area contributed by atoms with Gasteiger partial charge >= 0.3 is 5.97 Å². The third-order valence-corrected chi connectivity index (χ3v) is 3.68. The van der Waals surface area contributed by atoms with Crippen molar-refractivity contribution in [2.45, 2.75) is 19.9 Å². The fraction of sp³-hybridized carbons (Fsp3) is 0.235. The van der Waals surface area contributed by atoms with Crippen molar-refractivity contribution in [3.05, 3.63) is 59.4 Å². The summed E-state index contributed by atoms with van der Waals surface area (Å²) < 4.78 is 6.48. The van der Waals surface area contributed by atoms with Gasteiger partial charge in [-0.15, -0.1) is 0 Å². The number of aromatic nitrogens is 3. The average Bonchev–Trinajstić information content (AvgIpc) is 3.02. The largest absolute Gasteiger partial charge is 0.465 e. The molecule has 3 aromatic rings. The number of methoxy groups -OCH3 is 1. The van der Waals surface area contributed by atoms with Crippen LogP contribution in [0.15, 0.2) is 42.6 Å². The van der Waals surface area contributed by atoms with Crippen molar-refractivity contribution >= 4 is 17.4 Å². The van der Waals surface area contributed by atoms with Crippen LogP contribution in [0.3, 0.4) is 0 Å². The van der Waals surface area contributed by atoms with Crippen LogP contribution in [0.5, 0.6) is 0 Å². The molecule has 0 aliphatic rings. The van der Waals surface area contributed by atoms with E-state index in [1.807, 2.05) is 31.2 Å². The van der Waals surface area contributed by atoms with E-state index in [-0.39, 0.29) is 12.0 Å². The minimum atomic E-state index is -0.333. The Bertz CT molecular complexity index is 839. The van der Waals surface area contributed by atoms with Crippen molar-refractivity contribution in [2.75, 3.05) is 12.4 Å². The normalized spacial score (nSPS) is 12.1. The fourth-order valence-electron chi connectivity index (χ4n) is 2.47. The Hall–Kier alpha value is -2.89. The minimum absolute atomic E-state index is 0.0518. The predicted octanol–water partition coefficient (Wildman–Crippen LogP) is 3.00. The number of benzene rings is 1. The summed E-state index contributed by atoms with van der Waals surface area (Å²) in [5, 5.41) is 7.72. The molecule has 0 bridgehead atoms. The van der Waals surface area contributed by atoms with Crippen LogP contribution in [0.4, 0.5) is 5.82 Å². The van der Waals surface area contributed by atoms with E-state index in [4.69, 9.17) is 4.74 Å². The third kappa shape index (κ3) is 3.01. The molecule has 0 radical (unpaired) electrons. The Balaban J connectivity index is 1.84. The number of anilines is 1. The second-order valence-electron chi connectivity index (χ2n) is 5.36. The number of esters is 1. The van der Waals surface area contributed by atoms with Crippen LogP contribution in [0, 0.1) is 6.92 Å². The predicted molar refractivity (Wildman–Crippen MR) is 87.5 cm³/mol. The second kappa shape index (κ2) is 6.08. The highest BCUT2D eigenvalue weighted by atomic mass is 16.5. The Morgan fingerprint density at radius 2 is 2.00 bits per heavy atom. The van der Waals surface area contributed by atoms with Gasteiger partial charge in [0.05, 0.1) is 18.9 Å². The molecule has 0 saturated heterocycles. The molecular weight excluding hydrogens is 292 g/mol. The summed E-state index contributed by atoms with van der Waals surface area (Å²) in [6.45, 7) is 4.01. The number of carbonyl (C=O) groups excluding carboxylic acids is 1. The molecule has 1 N–H and O–H groups in total. The molecule has 0 spiro atoms. The molecule has 0 fully saturated rings. The molecule has 0 amide bonds. The number of fused-ring (bicyclic) bond motifs is 1. The smallest absolute Gasteiger partial charge is 0.337 e. The lowest BCUT2D eigenvalue weighted by Gasteiger charge is -2.17. The van der Waals surface area contributed by atoms with Gasteiger partial charge in [-0.3, -0.25) is 0 Å². The van der Waals surface area contributed by atoms with Crippen molar-refractivity contribution in [1.29, 1.82) is 0 Å². The topological polar surface area (TPSA) is 68.5 Å². The SMILES string of the molecule is COC(=O)c1ccc([C@H](C)Nc2cc(C)nc3ccnn23)cc1. The molecular formula is C17H18N4O2. The number of rotatable bonds is 4. The van der Waals surface area contributed by atoms with Crippen molar-refractivity contribution in [3.8, 4) is 0 Å². The van der Waals surface area contributed by atoms with Gasteiger partial charge in [0.2, 0.25) is 0 Å². The highest BCUT2D eigenvalue weighted by Crippen LogP contribution is 2.21. The quantitative estimate of drug-likeness (QED) is 0.750. The molecule has 0 saturated carbocycles. The molecule has 6 nitrogen and oxygen atoms in total. The first-order valence-electron chi connectivity index (χ1n) is 7.34. The zero-order valence-electron chi connectivity index (χ0n) is 13.3. The maximum atomic E-state index is 11.5. The van der Waals surface area contributed by atoms with Crippen LogP contribution in [0.25, 0.3) is 5.65 Å². The number of hydrogen-bond acceptors (Lipinski definition) is 5. The lowest BCUT2D eigenvalue weighted by Crippen LogP contribution is -2.11. The number of carbonyl (C=O) groups is 1. The monoisotopic (exact) mass is 310 g/mol. The van der Waals surface area contributed by atoms with Gasteiger partial charge in [-0.1, -0.05) is 12.1 Å². The number of hydrogen-bond donors (Lipinski definition) is 1. The van der Waals surface area contributed by atoms with E-state index in [1.54, 1.807) is 22.8 Å². The standard InChI is InChI=1S/C17H18N4O2/c1-11-10-16(21-15(19-11)8-9-18-21)20-12(2)13-4-6-14(7-5-13)17(22)23-3/h4-10,12,20H,1-3H3/t12-/m0/s1. The molecule has 0 aliphatic carbocycles. The highest BCUT2D eigenvalue weighted by Gasteiger charge is 2.11. The highest BCUT2D eigenvalue weighted by molar-refractivity contribution is 5.89. The maximum absolute atomic E-state index is 11.5. The first-order chi connectivity index (χ1) is 11.1. The Morgan fingerprint density at radius 1 is 1.26 bits per heavy atom. The van der Waals surface area contributed by atoms with E-state index in [0.29, 0.717) is 5.56 Å². The Labute approximate surface area is 134 Å². The number of aryl methyl sites for hydroxylation is 1. The maximum Gasteiger partial charge on any atom is 0.337 e. The van der Waals surface area contributed by atoms with Gasteiger partial charge in [-0.05, 0) is 31.5 Å². The van der Waals surface area contributed by atoms with Crippen LogP contribution < -0.4 is 5.32 Å². The van der Waals surface area contributed by atoms with E-state index >= 15 is 0 Å². The molecule has 23 heavy (non-hydrogen) atoms. The van der Waals surface area contributed by atoms with E-state index in [9.17, 15) is 4.79 Å². The molecule has 2 heterocycles. The van der Waals surface area contributed by atoms with Gasteiger partial charge in [0.1, 0.15) is 5.82 Å². The van der Waals surface area contributed by atoms with Gasteiger partial charge in [0, 0.05) is 23.9 Å². The van der Waals surface area contributed by atoms with E-state index in [2.05, 4.69) is 22.3 Å². The van der Waals surface area contributed by atoms with Crippen LogP contribution in [-0.2, 0) is 4.74 Å². The Morgan fingerprint density at radius 3 is 2.70 bits per heavy atom. The lowest BCUT2D eigenvalue weighted by molar-refractivity contribution is 0.0600. The van der Waals surface area contributed by atoms with Crippen molar-refractivity contribution in [2.24, 2.45) is 0 Å². The molecule has 0 unspecified atom stereocenters. The van der Waals surface area contributed by atoms with E-state index in [1.165, 1.54) is 7.11 Å². The summed E-state index contributed by atoms with van der Waals surface area (Å²) in [4.78, 5) is 15.9. The molecule has 118 valence electrons. The molecule has 1 atom stereocenters. The van der Waals surface area contributed by atoms with Gasteiger partial charge in [0.25, 0.3) is 0 Å². The van der Waals surface area contributed by atoms with Gasteiger partial charge in [0.15, 0.2) is 5.65 Å². The molecule has 0 aliphatic heterocycles. The second-order valence-corrected chi connectivity index (χ2v) is 5.36. The van der Waals surface area contributed by atoms with Crippen LogP contribution in [0.2, 0.25) is 0 Å². The first kappa shape index (κ1) is 15.0. The summed E-state index contributed by atoms with van der Waals surface area (Å²) in [7, 11) is 1.38. The minimum Gasteiger partial charge on any atom is -0.465 e. The van der Waals surface area contributed by atoms with E-state index < -0.39 is 0 Å². The average molecular weight is 310 g/mol. The molecule has 3 rings (SSSR count). The molecule has 6 heteroatoms. The van der Waals surface area contributed by atoms with Crippen LogP contribution in [0.1, 0.15) is 34.6 Å². The van der Waals surface area contributed by atoms with E-state index in [0.717, 1.165) is 22.7 Å². The van der Waals surface area contributed by atoms with Gasteiger partial charge < -0.3 is 10.1 Å². The summed E-state index contributed by atoms with van der Waals surface area (Å²) in [5.41, 5.74) is 3.33. The third-order valence-electron chi connectivity index (χ3n) is 3.68. The van der Waals surface area contributed by atoms with Crippen molar-refractivity contribution in [1.82, 2.24) is 14.6 Å². The molecule has 1 aromatic carbocycles. The zero-order chi connectivity index (χ0) is 16.4. The number of nitrogens with zero attached hydrogens (tertiary/aromatic N) is 3.